The molecule has 0 aliphatic rings. The van der Waals surface area contributed by atoms with Crippen molar-refractivity contribution in [3.05, 3.63) is 55.5 Å². The maximum Gasteiger partial charge on any atom is 0.123 e. The summed E-state index contributed by atoms with van der Waals surface area (Å²) >= 11 is 3.89. The second-order valence-electron chi connectivity index (χ2n) is 3.22. The van der Waals surface area contributed by atoms with Gasteiger partial charge in [0.05, 0.1) is 8.93 Å². The second kappa shape index (κ2) is 4.59. The second-order valence-corrected chi connectivity index (χ2v) is 6.02. The summed E-state index contributed by atoms with van der Waals surface area (Å²) in [5, 5.41) is 2.01. The lowest BCUT2D eigenvalue weighted by atomic mass is 10.0. The third-order valence-electron chi connectivity index (χ3n) is 2.15. The van der Waals surface area contributed by atoms with Crippen molar-refractivity contribution in [1.29, 1.82) is 0 Å². The quantitative estimate of drug-likeness (QED) is 0.836. The molecule has 15 heavy (non-hydrogen) atoms. The number of nitrogens with two attached hydrogens (primary N) is 1. The maximum atomic E-state index is 13.0. The first-order valence-corrected chi connectivity index (χ1v) is 6.37. The fourth-order valence-electron chi connectivity index (χ4n) is 1.38. The fourth-order valence-corrected chi connectivity index (χ4v) is 2.79. The van der Waals surface area contributed by atoms with Gasteiger partial charge in [-0.15, -0.1) is 11.3 Å². The van der Waals surface area contributed by atoms with E-state index in [4.69, 9.17) is 5.73 Å². The molecule has 1 atom stereocenters. The monoisotopic (exact) mass is 333 g/mol. The summed E-state index contributed by atoms with van der Waals surface area (Å²) in [6, 6.07) is 8.23. The Morgan fingerprint density at radius 3 is 2.67 bits per heavy atom. The Balaban J connectivity index is 2.32. The lowest BCUT2D eigenvalue weighted by Gasteiger charge is -2.09. The number of rotatable bonds is 2. The van der Waals surface area contributed by atoms with Crippen molar-refractivity contribution in [1.82, 2.24) is 0 Å². The van der Waals surface area contributed by atoms with Crippen molar-refractivity contribution in [2.24, 2.45) is 5.73 Å². The van der Waals surface area contributed by atoms with E-state index in [0.29, 0.717) is 0 Å². The van der Waals surface area contributed by atoms with Gasteiger partial charge in [-0.25, -0.2) is 4.39 Å². The van der Waals surface area contributed by atoms with Crippen LogP contribution < -0.4 is 5.73 Å². The average molecular weight is 333 g/mol. The molecule has 0 aliphatic carbocycles. The van der Waals surface area contributed by atoms with E-state index in [1.807, 2.05) is 17.5 Å². The topological polar surface area (TPSA) is 26.0 Å². The summed E-state index contributed by atoms with van der Waals surface area (Å²) in [6.45, 7) is 0. The Hall–Kier alpha value is -0.460. The molecule has 0 saturated heterocycles. The highest BCUT2D eigenvalue weighted by molar-refractivity contribution is 14.1. The highest BCUT2D eigenvalue weighted by atomic mass is 127. The van der Waals surface area contributed by atoms with Crippen LogP contribution in [0.2, 0.25) is 0 Å². The predicted octanol–water partition coefficient (Wildman–Crippen LogP) is 3.54. The SMILES string of the molecule is NC(c1cccc(F)c1)c1csc(I)c1. The largest absolute Gasteiger partial charge is 0.320 e. The summed E-state index contributed by atoms with van der Waals surface area (Å²) in [4.78, 5) is 0. The summed E-state index contributed by atoms with van der Waals surface area (Å²) in [5.41, 5.74) is 7.88. The van der Waals surface area contributed by atoms with Gasteiger partial charge in [-0.2, -0.15) is 0 Å². The molecule has 1 nitrogen and oxygen atoms in total. The lowest BCUT2D eigenvalue weighted by Crippen LogP contribution is -2.10. The zero-order valence-corrected chi connectivity index (χ0v) is 10.8. The molecule has 78 valence electrons. The summed E-state index contributed by atoms with van der Waals surface area (Å²) < 4.78 is 14.2. The van der Waals surface area contributed by atoms with Gasteiger partial charge in [0.2, 0.25) is 0 Å². The van der Waals surface area contributed by atoms with Crippen LogP contribution in [0, 0.1) is 8.70 Å². The Bertz CT molecular complexity index is 469. The van der Waals surface area contributed by atoms with Gasteiger partial charge in [0.25, 0.3) is 0 Å². The van der Waals surface area contributed by atoms with E-state index in [1.165, 1.54) is 15.0 Å². The third-order valence-corrected chi connectivity index (χ3v) is 3.96. The predicted molar refractivity (Wildman–Crippen MR) is 69.5 cm³/mol. The molecular formula is C11H9FINS. The van der Waals surface area contributed by atoms with Gasteiger partial charge < -0.3 is 5.73 Å². The number of hydrogen-bond acceptors (Lipinski definition) is 2. The van der Waals surface area contributed by atoms with Crippen LogP contribution in [-0.4, -0.2) is 0 Å². The highest BCUT2D eigenvalue weighted by Gasteiger charge is 2.10. The third kappa shape index (κ3) is 2.56. The Kier molecular flexibility index (Phi) is 3.38. The smallest absolute Gasteiger partial charge is 0.123 e. The van der Waals surface area contributed by atoms with Crippen LogP contribution in [0.25, 0.3) is 0 Å². The maximum absolute atomic E-state index is 13.0. The van der Waals surface area contributed by atoms with Crippen molar-refractivity contribution in [3.8, 4) is 0 Å². The molecule has 0 amide bonds. The van der Waals surface area contributed by atoms with Gasteiger partial charge in [-0.1, -0.05) is 12.1 Å². The highest BCUT2D eigenvalue weighted by Crippen LogP contribution is 2.25. The first-order valence-electron chi connectivity index (χ1n) is 4.42. The van der Waals surface area contributed by atoms with Gasteiger partial charge >= 0.3 is 0 Å². The molecular weight excluding hydrogens is 324 g/mol. The van der Waals surface area contributed by atoms with E-state index in [2.05, 4.69) is 22.6 Å². The summed E-state index contributed by atoms with van der Waals surface area (Å²) in [5.74, 6) is -0.243. The van der Waals surface area contributed by atoms with Gasteiger partial charge in [0.1, 0.15) is 5.82 Å². The molecule has 0 radical (unpaired) electrons. The van der Waals surface area contributed by atoms with Crippen molar-refractivity contribution in [2.45, 2.75) is 6.04 Å². The van der Waals surface area contributed by atoms with E-state index in [0.717, 1.165) is 11.1 Å². The van der Waals surface area contributed by atoms with Crippen molar-refractivity contribution < 1.29 is 4.39 Å². The molecule has 0 spiro atoms. The standard InChI is InChI=1S/C11H9FINS/c12-9-3-1-2-7(4-9)11(14)8-5-10(13)15-6-8/h1-6,11H,14H2. The Morgan fingerprint density at radius 2 is 2.07 bits per heavy atom. The van der Waals surface area contributed by atoms with Crippen LogP contribution in [0.4, 0.5) is 4.39 Å². The number of halogens is 2. The van der Waals surface area contributed by atoms with Gasteiger partial charge in [0, 0.05) is 0 Å². The molecule has 1 heterocycles. The number of benzene rings is 1. The summed E-state index contributed by atoms with van der Waals surface area (Å²) in [6.07, 6.45) is 0. The van der Waals surface area contributed by atoms with E-state index in [9.17, 15) is 4.39 Å². The van der Waals surface area contributed by atoms with Crippen LogP contribution in [-0.2, 0) is 0 Å². The molecule has 0 saturated carbocycles. The molecule has 2 rings (SSSR count). The number of thiophene rings is 1. The molecule has 0 bridgehead atoms. The lowest BCUT2D eigenvalue weighted by molar-refractivity contribution is 0.623. The Morgan fingerprint density at radius 1 is 1.27 bits per heavy atom. The molecule has 0 fully saturated rings. The Labute approximate surface area is 105 Å². The minimum atomic E-state index is -0.243. The molecule has 0 aliphatic heterocycles. The normalized spacial score (nSPS) is 12.7. The van der Waals surface area contributed by atoms with Gasteiger partial charge in [0.15, 0.2) is 0 Å². The van der Waals surface area contributed by atoms with Crippen LogP contribution in [0.15, 0.2) is 35.7 Å². The van der Waals surface area contributed by atoms with Crippen LogP contribution >= 0.6 is 33.9 Å². The van der Waals surface area contributed by atoms with E-state index in [1.54, 1.807) is 17.4 Å². The van der Waals surface area contributed by atoms with Crippen LogP contribution in [0.3, 0.4) is 0 Å². The molecule has 1 aromatic heterocycles. The van der Waals surface area contributed by atoms with Crippen molar-refractivity contribution >= 4 is 33.9 Å². The fraction of sp³-hybridized carbons (Fsp3) is 0.0909. The van der Waals surface area contributed by atoms with Crippen molar-refractivity contribution in [3.63, 3.8) is 0 Å². The molecule has 2 aromatic rings. The molecule has 1 aromatic carbocycles. The first kappa shape index (κ1) is 11.0. The van der Waals surface area contributed by atoms with Crippen LogP contribution in [0.1, 0.15) is 17.2 Å². The van der Waals surface area contributed by atoms with Gasteiger partial charge in [-0.05, 0) is 57.3 Å². The van der Waals surface area contributed by atoms with E-state index in [-0.39, 0.29) is 11.9 Å². The van der Waals surface area contributed by atoms with Crippen molar-refractivity contribution in [2.75, 3.05) is 0 Å². The molecule has 4 heteroatoms. The van der Waals surface area contributed by atoms with Gasteiger partial charge in [-0.3, -0.25) is 0 Å². The summed E-state index contributed by atoms with van der Waals surface area (Å²) in [7, 11) is 0. The van der Waals surface area contributed by atoms with E-state index < -0.39 is 0 Å². The number of hydrogen-bond donors (Lipinski definition) is 1. The zero-order valence-electron chi connectivity index (χ0n) is 7.78. The molecule has 2 N–H and O–H groups in total. The minimum absolute atomic E-state index is 0.236. The first-order chi connectivity index (χ1) is 7.16. The van der Waals surface area contributed by atoms with E-state index >= 15 is 0 Å². The molecule has 1 unspecified atom stereocenters. The zero-order chi connectivity index (χ0) is 10.8. The average Bonchev–Trinajstić information content (AvgIpc) is 2.64. The van der Waals surface area contributed by atoms with Crippen LogP contribution in [0.5, 0.6) is 0 Å². The minimum Gasteiger partial charge on any atom is -0.320 e.